The third-order valence-corrected chi connectivity index (χ3v) is 4.02. The smallest absolute Gasteiger partial charge is 0.209 e. The second kappa shape index (κ2) is 6.41. The monoisotopic (exact) mass is 289 g/mol. The largest absolute Gasteiger partial charge is 0.381 e. The highest BCUT2D eigenvalue weighted by Gasteiger charge is 2.30. The summed E-state index contributed by atoms with van der Waals surface area (Å²) in [6.45, 7) is 3.53. The molecule has 1 aromatic heterocycles. The number of hydrogen-bond donors (Lipinski definition) is 0. The lowest BCUT2D eigenvalue weighted by molar-refractivity contribution is 0.164. The van der Waals surface area contributed by atoms with Crippen LogP contribution in [0.15, 0.2) is 35.5 Å². The summed E-state index contributed by atoms with van der Waals surface area (Å²) in [4.78, 5) is 4.71. The molecule has 5 heteroatoms. The van der Waals surface area contributed by atoms with Crippen LogP contribution in [0.2, 0.25) is 0 Å². The second-order valence-corrected chi connectivity index (χ2v) is 5.88. The van der Waals surface area contributed by atoms with Crippen molar-refractivity contribution in [3.63, 3.8) is 0 Å². The molecule has 1 heterocycles. The van der Waals surface area contributed by atoms with Gasteiger partial charge in [-0.25, -0.2) is 9.67 Å². The summed E-state index contributed by atoms with van der Waals surface area (Å²) in [6, 6.07) is 10.3. The number of aromatic nitrogens is 3. The minimum absolute atomic E-state index is 0.587. The van der Waals surface area contributed by atoms with Crippen LogP contribution in [0.3, 0.4) is 0 Å². The zero-order chi connectivity index (χ0) is 13.8. The highest BCUT2D eigenvalue weighted by atomic mass is 32.2. The van der Waals surface area contributed by atoms with Crippen LogP contribution >= 0.6 is 11.8 Å². The van der Waals surface area contributed by atoms with Crippen molar-refractivity contribution in [2.24, 2.45) is 0 Å². The Bertz CT molecular complexity index is 552. The van der Waals surface area contributed by atoms with Crippen molar-refractivity contribution < 1.29 is 4.74 Å². The van der Waals surface area contributed by atoms with Crippen molar-refractivity contribution in [2.75, 3.05) is 19.0 Å². The van der Waals surface area contributed by atoms with E-state index in [4.69, 9.17) is 9.72 Å². The number of para-hydroxylation sites is 1. The maximum absolute atomic E-state index is 5.35. The molecule has 0 aliphatic heterocycles. The number of hydrogen-bond acceptors (Lipinski definition) is 4. The highest BCUT2D eigenvalue weighted by Crippen LogP contribution is 2.40. The molecule has 0 unspecified atom stereocenters. The summed E-state index contributed by atoms with van der Waals surface area (Å²) in [5.74, 6) is 2.59. The molecule has 1 saturated carbocycles. The first-order chi connectivity index (χ1) is 9.88. The molecule has 106 valence electrons. The quantitative estimate of drug-likeness (QED) is 0.579. The Hall–Kier alpha value is -1.33. The lowest BCUT2D eigenvalue weighted by Gasteiger charge is -2.03. The van der Waals surface area contributed by atoms with Gasteiger partial charge in [0.1, 0.15) is 5.82 Å². The average molecular weight is 289 g/mol. The third kappa shape index (κ3) is 3.22. The van der Waals surface area contributed by atoms with E-state index < -0.39 is 0 Å². The van der Waals surface area contributed by atoms with Gasteiger partial charge in [0.15, 0.2) is 0 Å². The molecule has 0 radical (unpaired) electrons. The fraction of sp³-hybridized carbons (Fsp3) is 0.467. The fourth-order valence-corrected chi connectivity index (χ4v) is 2.75. The van der Waals surface area contributed by atoms with Crippen LogP contribution in [-0.4, -0.2) is 33.7 Å². The first-order valence-electron chi connectivity index (χ1n) is 7.11. The Morgan fingerprint density at radius 1 is 1.30 bits per heavy atom. The summed E-state index contributed by atoms with van der Waals surface area (Å²) in [7, 11) is 0. The van der Waals surface area contributed by atoms with Gasteiger partial charge in [0.2, 0.25) is 5.16 Å². The Kier molecular flexibility index (Phi) is 4.38. The van der Waals surface area contributed by atoms with Crippen LogP contribution < -0.4 is 0 Å². The normalized spacial score (nSPS) is 14.7. The minimum Gasteiger partial charge on any atom is -0.381 e. The average Bonchev–Trinajstić information content (AvgIpc) is 3.25. The highest BCUT2D eigenvalue weighted by molar-refractivity contribution is 7.99. The van der Waals surface area contributed by atoms with Crippen molar-refractivity contribution in [3.05, 3.63) is 36.2 Å². The summed E-state index contributed by atoms with van der Waals surface area (Å²) >= 11 is 1.67. The number of nitrogens with zero attached hydrogens (tertiary/aromatic N) is 3. The predicted octanol–water partition coefficient (Wildman–Crippen LogP) is 3.27. The van der Waals surface area contributed by atoms with Gasteiger partial charge in [-0.05, 0) is 31.9 Å². The Morgan fingerprint density at radius 3 is 2.80 bits per heavy atom. The zero-order valence-corrected chi connectivity index (χ0v) is 12.5. The van der Waals surface area contributed by atoms with Crippen molar-refractivity contribution in [3.8, 4) is 5.69 Å². The lowest BCUT2D eigenvalue weighted by Crippen LogP contribution is -2.01. The molecule has 0 spiro atoms. The van der Waals surface area contributed by atoms with Crippen molar-refractivity contribution in [1.82, 2.24) is 14.8 Å². The number of ether oxygens (including phenoxy) is 1. The van der Waals surface area contributed by atoms with Crippen molar-refractivity contribution >= 4 is 11.8 Å². The van der Waals surface area contributed by atoms with Crippen LogP contribution in [0, 0.1) is 0 Å². The molecule has 3 rings (SSSR count). The molecular formula is C15H19N3OS. The van der Waals surface area contributed by atoms with Gasteiger partial charge in [-0.2, -0.15) is 0 Å². The van der Waals surface area contributed by atoms with Crippen LogP contribution in [-0.2, 0) is 4.74 Å². The summed E-state index contributed by atoms with van der Waals surface area (Å²) in [5, 5.41) is 5.51. The first kappa shape index (κ1) is 13.6. The topological polar surface area (TPSA) is 39.9 Å². The van der Waals surface area contributed by atoms with E-state index in [1.165, 1.54) is 12.8 Å². The Labute approximate surface area is 123 Å². The maximum Gasteiger partial charge on any atom is 0.209 e. The molecule has 0 atom stereocenters. The van der Waals surface area contributed by atoms with E-state index in [0.717, 1.165) is 35.6 Å². The third-order valence-electron chi connectivity index (χ3n) is 3.22. The van der Waals surface area contributed by atoms with Crippen molar-refractivity contribution in [2.45, 2.75) is 30.8 Å². The molecule has 0 bridgehead atoms. The molecular weight excluding hydrogens is 270 g/mol. The van der Waals surface area contributed by atoms with E-state index in [1.54, 1.807) is 11.8 Å². The van der Waals surface area contributed by atoms with E-state index in [1.807, 2.05) is 29.8 Å². The van der Waals surface area contributed by atoms with Crippen molar-refractivity contribution in [1.29, 1.82) is 0 Å². The van der Waals surface area contributed by atoms with Crippen LogP contribution in [0.5, 0.6) is 0 Å². The second-order valence-electron chi connectivity index (χ2n) is 4.82. The van der Waals surface area contributed by atoms with E-state index in [0.29, 0.717) is 5.92 Å². The van der Waals surface area contributed by atoms with E-state index in [-0.39, 0.29) is 0 Å². The van der Waals surface area contributed by atoms with Gasteiger partial charge in [-0.3, -0.25) is 0 Å². The van der Waals surface area contributed by atoms with Gasteiger partial charge >= 0.3 is 0 Å². The van der Waals surface area contributed by atoms with Gasteiger partial charge in [-0.15, -0.1) is 5.10 Å². The molecule has 1 aliphatic rings. The Balaban J connectivity index is 1.77. The molecule has 1 aliphatic carbocycles. The standard InChI is InChI=1S/C15H19N3OS/c1-2-19-10-11-20-15-16-14(12-8-9-12)18(17-15)13-6-4-3-5-7-13/h3-7,12H,2,8-11H2,1H3. The molecule has 2 aromatic rings. The predicted molar refractivity (Wildman–Crippen MR) is 80.6 cm³/mol. The van der Waals surface area contributed by atoms with Gasteiger partial charge < -0.3 is 4.74 Å². The lowest BCUT2D eigenvalue weighted by atomic mass is 10.3. The molecule has 20 heavy (non-hydrogen) atoms. The van der Waals surface area contributed by atoms with Gasteiger partial charge in [0, 0.05) is 18.3 Å². The van der Waals surface area contributed by atoms with Crippen LogP contribution in [0.25, 0.3) is 5.69 Å². The zero-order valence-electron chi connectivity index (χ0n) is 11.7. The summed E-state index contributed by atoms with van der Waals surface area (Å²) in [6.07, 6.45) is 2.46. The molecule has 1 aromatic carbocycles. The maximum atomic E-state index is 5.35. The van der Waals surface area contributed by atoms with E-state index in [9.17, 15) is 0 Å². The van der Waals surface area contributed by atoms with Gasteiger partial charge in [0.25, 0.3) is 0 Å². The number of benzene rings is 1. The summed E-state index contributed by atoms with van der Waals surface area (Å²) in [5.41, 5.74) is 1.10. The van der Waals surface area contributed by atoms with E-state index >= 15 is 0 Å². The van der Waals surface area contributed by atoms with Gasteiger partial charge in [-0.1, -0.05) is 30.0 Å². The minimum atomic E-state index is 0.587. The molecule has 4 nitrogen and oxygen atoms in total. The van der Waals surface area contributed by atoms with Gasteiger partial charge in [0.05, 0.1) is 12.3 Å². The van der Waals surface area contributed by atoms with Crippen LogP contribution in [0.4, 0.5) is 0 Å². The molecule has 0 saturated heterocycles. The summed E-state index contributed by atoms with van der Waals surface area (Å²) < 4.78 is 7.35. The molecule has 0 amide bonds. The Morgan fingerprint density at radius 2 is 2.10 bits per heavy atom. The molecule has 1 fully saturated rings. The first-order valence-corrected chi connectivity index (χ1v) is 8.10. The number of thioether (sulfide) groups is 1. The van der Waals surface area contributed by atoms with E-state index in [2.05, 4.69) is 17.2 Å². The number of rotatable bonds is 7. The fourth-order valence-electron chi connectivity index (χ4n) is 2.07. The van der Waals surface area contributed by atoms with Crippen LogP contribution in [0.1, 0.15) is 31.5 Å². The molecule has 0 N–H and O–H groups in total. The SMILES string of the molecule is CCOCCSc1nc(C2CC2)n(-c2ccccc2)n1.